The normalized spacial score (nSPS) is 16.3. The van der Waals surface area contributed by atoms with Crippen LogP contribution in [-0.2, 0) is 0 Å². The summed E-state index contributed by atoms with van der Waals surface area (Å²) in [7, 11) is 0. The third-order valence-corrected chi connectivity index (χ3v) is 4.48. The standard InChI is InChI=1S/C16H19N3OS.2ClH/c1-11-19-15(10-21-11)12-4-2-5-13(8-12)16(20)18-9-14-6-3-7-17-14;;/h2,4-5,8,10,14,17H,3,6-7,9H2,1H3,(H,18,20);2*1H. The molecule has 1 unspecified atom stereocenters. The summed E-state index contributed by atoms with van der Waals surface area (Å²) in [6.45, 7) is 3.73. The van der Waals surface area contributed by atoms with Crippen LogP contribution in [0.3, 0.4) is 0 Å². The second kappa shape index (κ2) is 9.23. The Bertz CT molecular complexity index is 642. The number of halogens is 2. The molecule has 1 aliphatic rings. The van der Waals surface area contributed by atoms with Gasteiger partial charge in [0.1, 0.15) is 0 Å². The Morgan fingerprint density at radius 3 is 2.91 bits per heavy atom. The Morgan fingerprint density at radius 2 is 2.26 bits per heavy atom. The maximum atomic E-state index is 12.2. The first kappa shape index (κ1) is 19.9. The quantitative estimate of drug-likeness (QED) is 0.862. The lowest BCUT2D eigenvalue weighted by molar-refractivity contribution is 0.0950. The van der Waals surface area contributed by atoms with Crippen molar-refractivity contribution in [2.24, 2.45) is 0 Å². The van der Waals surface area contributed by atoms with Crippen molar-refractivity contribution in [3.8, 4) is 11.3 Å². The molecule has 23 heavy (non-hydrogen) atoms. The molecule has 2 N–H and O–H groups in total. The lowest BCUT2D eigenvalue weighted by Gasteiger charge is -2.11. The topological polar surface area (TPSA) is 54.0 Å². The molecule has 1 aliphatic heterocycles. The number of hydrogen-bond acceptors (Lipinski definition) is 4. The highest BCUT2D eigenvalue weighted by Crippen LogP contribution is 2.22. The fourth-order valence-electron chi connectivity index (χ4n) is 2.56. The molecule has 2 aromatic rings. The van der Waals surface area contributed by atoms with Crippen molar-refractivity contribution in [2.75, 3.05) is 13.1 Å². The van der Waals surface area contributed by atoms with Crippen molar-refractivity contribution in [1.82, 2.24) is 15.6 Å². The van der Waals surface area contributed by atoms with E-state index in [2.05, 4.69) is 15.6 Å². The fourth-order valence-corrected chi connectivity index (χ4v) is 3.19. The maximum Gasteiger partial charge on any atom is 0.251 e. The molecule has 7 heteroatoms. The van der Waals surface area contributed by atoms with Crippen LogP contribution in [0.5, 0.6) is 0 Å². The van der Waals surface area contributed by atoms with E-state index in [1.165, 1.54) is 6.42 Å². The van der Waals surface area contributed by atoms with Crippen LogP contribution in [0.1, 0.15) is 28.2 Å². The molecule has 0 radical (unpaired) electrons. The van der Waals surface area contributed by atoms with Crippen LogP contribution in [0.25, 0.3) is 11.3 Å². The number of aryl methyl sites for hydroxylation is 1. The van der Waals surface area contributed by atoms with Gasteiger partial charge in [-0.3, -0.25) is 4.79 Å². The van der Waals surface area contributed by atoms with Crippen LogP contribution in [-0.4, -0.2) is 30.0 Å². The molecule has 1 aromatic heterocycles. The summed E-state index contributed by atoms with van der Waals surface area (Å²) in [6, 6.07) is 8.07. The Labute approximate surface area is 152 Å². The Hall–Kier alpha value is -1.14. The monoisotopic (exact) mass is 373 g/mol. The zero-order valence-corrected chi connectivity index (χ0v) is 15.3. The smallest absolute Gasteiger partial charge is 0.251 e. The molecule has 0 bridgehead atoms. The summed E-state index contributed by atoms with van der Waals surface area (Å²) in [5, 5.41) is 9.44. The summed E-state index contributed by atoms with van der Waals surface area (Å²) in [5.41, 5.74) is 2.62. The first-order chi connectivity index (χ1) is 10.2. The van der Waals surface area contributed by atoms with Gasteiger partial charge in [0.05, 0.1) is 10.7 Å². The number of nitrogens with zero attached hydrogens (tertiary/aromatic N) is 1. The van der Waals surface area contributed by atoms with Crippen molar-refractivity contribution < 1.29 is 4.79 Å². The van der Waals surface area contributed by atoms with Gasteiger partial charge in [-0.05, 0) is 38.4 Å². The largest absolute Gasteiger partial charge is 0.350 e. The average Bonchev–Trinajstić information content (AvgIpc) is 3.16. The summed E-state index contributed by atoms with van der Waals surface area (Å²) in [6.07, 6.45) is 2.33. The van der Waals surface area contributed by atoms with E-state index in [0.717, 1.165) is 29.2 Å². The first-order valence-corrected chi connectivity index (χ1v) is 8.14. The lowest BCUT2D eigenvalue weighted by Crippen LogP contribution is -2.37. The van der Waals surface area contributed by atoms with Crippen LogP contribution in [0.2, 0.25) is 0 Å². The molecule has 126 valence electrons. The average molecular weight is 374 g/mol. The van der Waals surface area contributed by atoms with Gasteiger partial charge in [0, 0.05) is 29.1 Å². The van der Waals surface area contributed by atoms with Crippen LogP contribution in [0.4, 0.5) is 0 Å². The van der Waals surface area contributed by atoms with Gasteiger partial charge >= 0.3 is 0 Å². The Balaban J connectivity index is 0.00000132. The number of benzene rings is 1. The van der Waals surface area contributed by atoms with E-state index in [1.807, 2.05) is 36.6 Å². The van der Waals surface area contributed by atoms with Crippen molar-refractivity contribution in [3.63, 3.8) is 0 Å². The SMILES string of the molecule is Cc1nc(-c2cccc(C(=O)NCC3CCCN3)c2)cs1.Cl.Cl. The molecular weight excluding hydrogens is 353 g/mol. The van der Waals surface area contributed by atoms with Gasteiger partial charge in [-0.15, -0.1) is 36.2 Å². The Kier molecular flexibility index (Phi) is 7.99. The predicted molar refractivity (Wildman–Crippen MR) is 100 cm³/mol. The maximum absolute atomic E-state index is 12.2. The van der Waals surface area contributed by atoms with Gasteiger partial charge < -0.3 is 10.6 Å². The Morgan fingerprint density at radius 1 is 1.43 bits per heavy atom. The molecule has 2 heterocycles. The highest BCUT2D eigenvalue weighted by molar-refractivity contribution is 7.09. The number of nitrogens with one attached hydrogen (secondary N) is 2. The van der Waals surface area contributed by atoms with Crippen molar-refractivity contribution in [1.29, 1.82) is 0 Å². The van der Waals surface area contributed by atoms with Gasteiger partial charge in [0.2, 0.25) is 0 Å². The third-order valence-electron chi connectivity index (χ3n) is 3.71. The van der Waals surface area contributed by atoms with Gasteiger partial charge in [0.15, 0.2) is 0 Å². The molecule has 0 spiro atoms. The number of hydrogen-bond donors (Lipinski definition) is 2. The molecule has 0 aliphatic carbocycles. The highest BCUT2D eigenvalue weighted by Gasteiger charge is 2.15. The third kappa shape index (κ3) is 5.18. The van der Waals surface area contributed by atoms with Crippen molar-refractivity contribution in [3.05, 3.63) is 40.2 Å². The number of rotatable bonds is 4. The summed E-state index contributed by atoms with van der Waals surface area (Å²) in [4.78, 5) is 16.7. The number of carbonyl (C=O) groups is 1. The van der Waals surface area contributed by atoms with E-state index in [4.69, 9.17) is 0 Å². The van der Waals surface area contributed by atoms with E-state index in [9.17, 15) is 4.79 Å². The van der Waals surface area contributed by atoms with Crippen LogP contribution in [0.15, 0.2) is 29.6 Å². The van der Waals surface area contributed by atoms with E-state index < -0.39 is 0 Å². The molecule has 1 fully saturated rings. The fraction of sp³-hybridized carbons (Fsp3) is 0.375. The van der Waals surface area contributed by atoms with E-state index in [0.29, 0.717) is 18.2 Å². The van der Waals surface area contributed by atoms with Crippen molar-refractivity contribution in [2.45, 2.75) is 25.8 Å². The molecule has 4 nitrogen and oxygen atoms in total. The predicted octanol–water partition coefficient (Wildman–Crippen LogP) is 3.44. The van der Waals surface area contributed by atoms with Crippen LogP contribution < -0.4 is 10.6 Å². The molecule has 1 atom stereocenters. The first-order valence-electron chi connectivity index (χ1n) is 7.26. The summed E-state index contributed by atoms with van der Waals surface area (Å²) in [5.74, 6) is -0.0162. The zero-order valence-electron chi connectivity index (χ0n) is 12.9. The van der Waals surface area contributed by atoms with Gasteiger partial charge in [-0.25, -0.2) is 4.98 Å². The highest BCUT2D eigenvalue weighted by atomic mass is 35.5. The minimum absolute atomic E-state index is 0. The number of thiazole rings is 1. The minimum Gasteiger partial charge on any atom is -0.350 e. The molecule has 3 rings (SSSR count). The lowest BCUT2D eigenvalue weighted by atomic mass is 10.1. The molecule has 1 aromatic carbocycles. The number of amides is 1. The van der Waals surface area contributed by atoms with E-state index in [-0.39, 0.29) is 30.7 Å². The molecule has 1 amide bonds. The summed E-state index contributed by atoms with van der Waals surface area (Å²) >= 11 is 1.62. The van der Waals surface area contributed by atoms with Crippen molar-refractivity contribution >= 4 is 42.1 Å². The van der Waals surface area contributed by atoms with Crippen LogP contribution >= 0.6 is 36.2 Å². The zero-order chi connectivity index (χ0) is 14.7. The van der Waals surface area contributed by atoms with Gasteiger partial charge in [-0.2, -0.15) is 0 Å². The number of carbonyl (C=O) groups excluding carboxylic acids is 1. The van der Waals surface area contributed by atoms with Gasteiger partial charge in [-0.1, -0.05) is 12.1 Å². The molecule has 0 saturated carbocycles. The van der Waals surface area contributed by atoms with Gasteiger partial charge in [0.25, 0.3) is 5.91 Å². The molecular formula is C16H21Cl2N3OS. The van der Waals surface area contributed by atoms with Crippen LogP contribution in [0, 0.1) is 6.92 Å². The number of aromatic nitrogens is 1. The minimum atomic E-state index is -0.0162. The molecule has 1 saturated heterocycles. The second-order valence-electron chi connectivity index (χ2n) is 5.34. The summed E-state index contributed by atoms with van der Waals surface area (Å²) < 4.78 is 0. The second-order valence-corrected chi connectivity index (χ2v) is 6.40. The van der Waals surface area contributed by atoms with E-state index in [1.54, 1.807) is 11.3 Å². The van der Waals surface area contributed by atoms with E-state index >= 15 is 0 Å².